The lowest BCUT2D eigenvalue weighted by Gasteiger charge is -2.60. The topological polar surface area (TPSA) is 187 Å². The van der Waals surface area contributed by atoms with Crippen LogP contribution in [-0.4, -0.2) is 159 Å². The molecule has 3 saturated heterocycles. The van der Waals surface area contributed by atoms with Crippen molar-refractivity contribution in [1.29, 1.82) is 0 Å². The molecule has 9 rings (SSSR count). The number of terminal acetylenes is 1. The van der Waals surface area contributed by atoms with Crippen LogP contribution in [0.25, 0.3) is 11.3 Å². The average Bonchev–Trinajstić information content (AvgIpc) is 3.67. The molecule has 0 unspecified atom stereocenters. The number of rotatable bonds is 10. The van der Waals surface area contributed by atoms with Gasteiger partial charge in [-0.15, -0.1) is 16.6 Å². The van der Waals surface area contributed by atoms with Crippen molar-refractivity contribution in [1.82, 2.24) is 40.4 Å². The first-order valence-corrected chi connectivity index (χ1v) is 23.2. The van der Waals surface area contributed by atoms with Gasteiger partial charge >= 0.3 is 0 Å². The van der Waals surface area contributed by atoms with E-state index < -0.39 is 23.6 Å². The van der Waals surface area contributed by atoms with Crippen LogP contribution in [0.4, 0.5) is 11.5 Å². The summed E-state index contributed by atoms with van der Waals surface area (Å²) in [5, 5.41) is 39.2. The van der Waals surface area contributed by atoms with Crippen molar-refractivity contribution in [2.75, 3.05) is 75.7 Å². The molecule has 3 aromatic rings. The highest BCUT2D eigenvalue weighted by molar-refractivity contribution is 5.94. The summed E-state index contributed by atoms with van der Waals surface area (Å²) in [7, 11) is 0. The number of likely N-dealkylation sites (tertiary alicyclic amines) is 1. The number of β-amino-alcohol motifs (C(OH)–C–C–N with tert-alkyl or cyclic N) is 1. The smallest absolute Gasteiger partial charge is 0.246 e. The predicted octanol–water partition coefficient (Wildman–Crippen LogP) is 2.26. The SMILES string of the molecule is C#Cc1ccc(CNC(=O)[C@@H]2C[C@@H](O)CN2C(=O)[C@@H](NC(=O)[C@H]2CC3(C2)C[C@H](N2CCN(C(=O)CN4CCN5c6cc(-c7ccccc7O)nnc6NC[C@H]5C4)CC2)C3)C(C)(C)C)cc1. The lowest BCUT2D eigenvalue weighted by atomic mass is 9.49. The second kappa shape index (κ2) is 17.9. The van der Waals surface area contributed by atoms with Gasteiger partial charge in [-0.1, -0.05) is 51.0 Å². The van der Waals surface area contributed by atoms with E-state index in [1.165, 1.54) is 4.90 Å². The molecule has 5 fully saturated rings. The normalized spacial score (nSPS) is 27.0. The van der Waals surface area contributed by atoms with E-state index in [4.69, 9.17) is 6.42 Å². The van der Waals surface area contributed by atoms with Crippen LogP contribution in [0.2, 0.25) is 0 Å². The molecule has 5 heterocycles. The number of nitrogens with zero attached hydrogens (tertiary/aromatic N) is 7. The number of benzene rings is 2. The minimum absolute atomic E-state index is 0.0275. The molecule has 4 aliphatic heterocycles. The Hall–Kier alpha value is -5.76. The van der Waals surface area contributed by atoms with Gasteiger partial charge in [0.25, 0.3) is 0 Å². The van der Waals surface area contributed by atoms with Gasteiger partial charge in [-0.25, -0.2) is 0 Å². The largest absolute Gasteiger partial charge is 0.507 e. The van der Waals surface area contributed by atoms with Crippen molar-refractivity contribution in [2.45, 2.75) is 89.7 Å². The Morgan fingerprint density at radius 3 is 2.37 bits per heavy atom. The molecule has 2 aliphatic carbocycles. The molecule has 4 atom stereocenters. The highest BCUT2D eigenvalue weighted by Gasteiger charge is 2.57. The number of carbonyl (C=O) groups excluding carboxylic acids is 4. The van der Waals surface area contributed by atoms with Gasteiger partial charge in [-0.3, -0.25) is 29.0 Å². The first-order chi connectivity index (χ1) is 31.2. The molecule has 1 spiro atoms. The van der Waals surface area contributed by atoms with E-state index in [0.717, 1.165) is 81.0 Å². The summed E-state index contributed by atoms with van der Waals surface area (Å²) in [5.74, 6) is 2.64. The standard InChI is InChI=1S/C49H62N10O6/c1-5-31-10-12-32(13-11-31)26-51-46(64)40-20-36(60)29-59(40)47(65)43(48(2,3)4)52-45(63)33-22-49(23-33)24-34(25-49)56-15-17-57(18-16-56)42(62)30-55-14-19-58-35(28-55)27-50-44-39(58)21-38(53-54-44)37-8-6-7-9-41(37)61/h1,6-13,21,33-36,40,43,60-61H,14-20,22-30H2,2-4H3,(H,50,54)(H,51,64)(H,52,63)/t33-,34-,35-,36+,40-,43+,49?/m0/s1. The van der Waals surface area contributed by atoms with Gasteiger partial charge in [0, 0.05) is 95.0 Å². The maximum Gasteiger partial charge on any atom is 0.246 e. The van der Waals surface area contributed by atoms with Crippen molar-refractivity contribution in [2.24, 2.45) is 16.7 Å². The molecule has 2 aromatic carbocycles. The Bertz CT molecular complexity index is 2320. The Kier molecular flexibility index (Phi) is 12.2. The van der Waals surface area contributed by atoms with E-state index in [1.807, 2.05) is 56.0 Å². The lowest BCUT2D eigenvalue weighted by Crippen LogP contribution is -2.63. The maximum atomic E-state index is 14.1. The molecule has 65 heavy (non-hydrogen) atoms. The number of hydrogen-bond acceptors (Lipinski definition) is 12. The number of amides is 4. The first-order valence-electron chi connectivity index (χ1n) is 23.2. The van der Waals surface area contributed by atoms with Crippen LogP contribution in [0.5, 0.6) is 5.75 Å². The van der Waals surface area contributed by atoms with E-state index in [2.05, 4.69) is 46.8 Å². The van der Waals surface area contributed by atoms with Gasteiger partial charge in [0.1, 0.15) is 17.8 Å². The molecule has 1 aromatic heterocycles. The second-order valence-corrected chi connectivity index (χ2v) is 20.3. The zero-order chi connectivity index (χ0) is 45.6. The Morgan fingerprint density at radius 2 is 1.66 bits per heavy atom. The number of fused-ring (bicyclic) bond motifs is 3. The molecule has 0 radical (unpaired) electrons. The Labute approximate surface area is 381 Å². The van der Waals surface area contributed by atoms with Crippen LogP contribution in [0.3, 0.4) is 0 Å². The monoisotopic (exact) mass is 886 g/mol. The van der Waals surface area contributed by atoms with Crippen LogP contribution < -0.4 is 20.9 Å². The summed E-state index contributed by atoms with van der Waals surface area (Å²) in [6.45, 7) is 12.5. The van der Waals surface area contributed by atoms with Crippen LogP contribution >= 0.6 is 0 Å². The quantitative estimate of drug-likeness (QED) is 0.188. The number of anilines is 2. The van der Waals surface area contributed by atoms with Gasteiger partial charge in [-0.2, -0.15) is 0 Å². The lowest BCUT2D eigenvalue weighted by molar-refractivity contribution is -0.151. The van der Waals surface area contributed by atoms with Crippen molar-refractivity contribution < 1.29 is 29.4 Å². The fourth-order valence-corrected chi connectivity index (χ4v) is 11.1. The molecule has 16 nitrogen and oxygen atoms in total. The number of phenolic OH excluding ortho intramolecular Hbond substituents is 1. The number of phenols is 1. The van der Waals surface area contributed by atoms with E-state index in [-0.39, 0.29) is 66.3 Å². The number of aliphatic hydroxyl groups excluding tert-OH is 1. The number of aromatic nitrogens is 2. The number of para-hydroxylation sites is 1. The Balaban J connectivity index is 0.708. The number of aliphatic hydroxyl groups is 1. The number of aromatic hydroxyl groups is 1. The van der Waals surface area contributed by atoms with Gasteiger partial charge in [-0.05, 0) is 72.4 Å². The molecule has 344 valence electrons. The molecule has 0 bridgehead atoms. The molecule has 6 aliphatic rings. The summed E-state index contributed by atoms with van der Waals surface area (Å²) in [4.78, 5) is 65.4. The van der Waals surface area contributed by atoms with E-state index >= 15 is 0 Å². The average molecular weight is 887 g/mol. The van der Waals surface area contributed by atoms with Crippen LogP contribution in [0.15, 0.2) is 54.6 Å². The van der Waals surface area contributed by atoms with Gasteiger partial charge in [0.2, 0.25) is 23.6 Å². The molecule has 4 amide bonds. The third-order valence-electron chi connectivity index (χ3n) is 14.8. The van der Waals surface area contributed by atoms with Crippen molar-refractivity contribution >= 4 is 35.1 Å². The zero-order valence-electron chi connectivity index (χ0n) is 37.7. The van der Waals surface area contributed by atoms with Gasteiger partial charge in [0.15, 0.2) is 5.82 Å². The van der Waals surface area contributed by atoms with Crippen LogP contribution in [-0.2, 0) is 25.7 Å². The summed E-state index contributed by atoms with van der Waals surface area (Å²) < 4.78 is 0. The summed E-state index contributed by atoms with van der Waals surface area (Å²) in [5.41, 5.74) is 3.35. The number of carbonyl (C=O) groups is 4. The van der Waals surface area contributed by atoms with Crippen LogP contribution in [0, 0.1) is 29.1 Å². The molecule has 16 heteroatoms. The highest BCUT2D eigenvalue weighted by atomic mass is 16.3. The molecule has 5 N–H and O–H groups in total. The molecular weight excluding hydrogens is 825 g/mol. The number of nitrogens with one attached hydrogen (secondary N) is 3. The van der Waals surface area contributed by atoms with Gasteiger partial charge < -0.3 is 40.9 Å². The highest BCUT2D eigenvalue weighted by Crippen LogP contribution is 2.60. The fourth-order valence-electron chi connectivity index (χ4n) is 11.1. The minimum Gasteiger partial charge on any atom is -0.507 e. The maximum absolute atomic E-state index is 14.1. The second-order valence-electron chi connectivity index (χ2n) is 20.3. The molecule has 2 saturated carbocycles. The van der Waals surface area contributed by atoms with Crippen molar-refractivity contribution in [3.05, 3.63) is 65.7 Å². The van der Waals surface area contributed by atoms with E-state index in [0.29, 0.717) is 43.5 Å². The van der Waals surface area contributed by atoms with E-state index in [9.17, 15) is 29.4 Å². The first kappa shape index (κ1) is 44.4. The fraction of sp³-hybridized carbons (Fsp3) is 0.551. The predicted molar refractivity (Wildman–Crippen MR) is 245 cm³/mol. The van der Waals surface area contributed by atoms with Crippen molar-refractivity contribution in [3.8, 4) is 29.4 Å². The number of hydrogen-bond donors (Lipinski definition) is 5. The summed E-state index contributed by atoms with van der Waals surface area (Å²) in [6.07, 6.45) is 8.39. The Morgan fingerprint density at radius 1 is 0.923 bits per heavy atom. The minimum atomic E-state index is -0.857. The third-order valence-corrected chi connectivity index (χ3v) is 14.8. The zero-order valence-corrected chi connectivity index (χ0v) is 37.7. The summed E-state index contributed by atoms with van der Waals surface area (Å²) >= 11 is 0. The summed E-state index contributed by atoms with van der Waals surface area (Å²) in [6, 6.07) is 15.4. The van der Waals surface area contributed by atoms with Crippen LogP contribution in [0.1, 0.15) is 64.0 Å². The van der Waals surface area contributed by atoms with Gasteiger partial charge in [0.05, 0.1) is 30.1 Å². The van der Waals surface area contributed by atoms with Crippen molar-refractivity contribution in [3.63, 3.8) is 0 Å². The third kappa shape index (κ3) is 9.23. The molecular formula is C49H62N10O6. The van der Waals surface area contributed by atoms with E-state index in [1.54, 1.807) is 24.3 Å². The number of piperazine rings is 2.